The van der Waals surface area contributed by atoms with Gasteiger partial charge in [-0.15, -0.1) is 0 Å². The Bertz CT molecular complexity index is 591. The molecule has 0 aliphatic rings. The van der Waals surface area contributed by atoms with E-state index >= 15 is 0 Å². The maximum Gasteiger partial charge on any atom is 0.141 e. The van der Waals surface area contributed by atoms with Crippen LogP contribution in [0.15, 0.2) is 30.6 Å². The molecule has 0 saturated carbocycles. The molecule has 0 radical (unpaired) electrons. The molecule has 0 aliphatic carbocycles. The zero-order chi connectivity index (χ0) is 12.3. The number of nitriles is 1. The molecule has 0 aliphatic heterocycles. The van der Waals surface area contributed by atoms with Gasteiger partial charge in [-0.1, -0.05) is 0 Å². The molecule has 3 N–H and O–H groups in total. The number of nitrogens with one attached hydrogen (secondary N) is 1. The molecule has 0 saturated heterocycles. The van der Waals surface area contributed by atoms with Crippen molar-refractivity contribution in [3.63, 3.8) is 0 Å². The second-order valence-electron chi connectivity index (χ2n) is 3.26. The highest BCUT2D eigenvalue weighted by Crippen LogP contribution is 2.18. The summed E-state index contributed by atoms with van der Waals surface area (Å²) in [7, 11) is 0. The van der Waals surface area contributed by atoms with Crippen LogP contribution >= 0.6 is 0 Å². The number of aromatic nitrogens is 2. The molecule has 5 nitrogen and oxygen atoms in total. The van der Waals surface area contributed by atoms with Crippen molar-refractivity contribution in [2.45, 2.75) is 0 Å². The minimum Gasteiger partial charge on any atom is -0.384 e. The van der Waals surface area contributed by atoms with Crippen molar-refractivity contribution in [1.29, 1.82) is 5.26 Å². The normalized spacial score (nSPS) is 9.65. The number of hydrogen-bond donors (Lipinski definition) is 2. The lowest BCUT2D eigenvalue weighted by Crippen LogP contribution is -1.98. The molecule has 2 rings (SSSR count). The van der Waals surface area contributed by atoms with Crippen molar-refractivity contribution >= 4 is 17.3 Å². The number of rotatable bonds is 2. The first kappa shape index (κ1) is 10.8. The molecule has 17 heavy (non-hydrogen) atoms. The summed E-state index contributed by atoms with van der Waals surface area (Å²) in [5.74, 6) is 0.248. The summed E-state index contributed by atoms with van der Waals surface area (Å²) in [4.78, 5) is 7.68. The Morgan fingerprint density at radius 2 is 2.12 bits per heavy atom. The fraction of sp³-hybridized carbons (Fsp3) is 0. The Hall–Kier alpha value is -2.68. The van der Waals surface area contributed by atoms with Crippen LogP contribution in [0.3, 0.4) is 0 Å². The Labute approximate surface area is 96.7 Å². The third-order valence-electron chi connectivity index (χ3n) is 2.05. The minimum atomic E-state index is -0.555. The largest absolute Gasteiger partial charge is 0.384 e. The third-order valence-corrected chi connectivity index (χ3v) is 2.05. The van der Waals surface area contributed by atoms with E-state index in [1.807, 2.05) is 0 Å². The Morgan fingerprint density at radius 1 is 1.29 bits per heavy atom. The third kappa shape index (κ3) is 2.46. The molecule has 0 fully saturated rings. The first-order valence-electron chi connectivity index (χ1n) is 4.73. The predicted octanol–water partition coefficient (Wildman–Crippen LogP) is 1.81. The average molecular weight is 229 g/mol. The molecule has 84 valence electrons. The second kappa shape index (κ2) is 4.45. The van der Waals surface area contributed by atoms with Gasteiger partial charge in [0.25, 0.3) is 0 Å². The van der Waals surface area contributed by atoms with Crippen molar-refractivity contribution in [1.82, 2.24) is 9.97 Å². The molecule has 6 heteroatoms. The van der Waals surface area contributed by atoms with E-state index in [4.69, 9.17) is 11.0 Å². The van der Waals surface area contributed by atoms with Gasteiger partial charge in [0.05, 0.1) is 5.56 Å². The van der Waals surface area contributed by atoms with Crippen molar-refractivity contribution < 1.29 is 4.39 Å². The van der Waals surface area contributed by atoms with E-state index in [0.717, 1.165) is 0 Å². The maximum absolute atomic E-state index is 13.1. The van der Waals surface area contributed by atoms with Gasteiger partial charge in [-0.05, 0) is 18.2 Å². The standard InChI is InChI=1S/C11H8FN5/c12-9-2-1-8(3-7(9)5-13)17-11-4-10(14)15-6-16-11/h1-4,6H,(H3,14,15,16,17). The lowest BCUT2D eigenvalue weighted by Gasteiger charge is -2.06. The van der Waals surface area contributed by atoms with E-state index < -0.39 is 5.82 Å². The molecular formula is C11H8FN5. The van der Waals surface area contributed by atoms with Crippen LogP contribution in [0.25, 0.3) is 0 Å². The molecule has 1 aromatic carbocycles. The summed E-state index contributed by atoms with van der Waals surface area (Å²) in [6.45, 7) is 0. The molecule has 0 amide bonds. The van der Waals surface area contributed by atoms with Crippen LogP contribution in [0.1, 0.15) is 5.56 Å². The number of hydrogen-bond acceptors (Lipinski definition) is 5. The van der Waals surface area contributed by atoms with Gasteiger partial charge in [-0.2, -0.15) is 5.26 Å². The Kier molecular flexibility index (Phi) is 2.83. The number of nitrogens with two attached hydrogens (primary N) is 1. The SMILES string of the molecule is N#Cc1cc(Nc2cc(N)ncn2)ccc1F. The number of anilines is 3. The quantitative estimate of drug-likeness (QED) is 0.819. The predicted molar refractivity (Wildman–Crippen MR) is 60.8 cm³/mol. The molecule has 1 heterocycles. The first-order chi connectivity index (χ1) is 8.19. The summed E-state index contributed by atoms with van der Waals surface area (Å²) in [6.07, 6.45) is 1.31. The Morgan fingerprint density at radius 3 is 2.82 bits per heavy atom. The average Bonchev–Trinajstić information content (AvgIpc) is 2.32. The number of nitrogen functional groups attached to an aromatic ring is 1. The summed E-state index contributed by atoms with van der Waals surface area (Å²) in [5, 5.41) is 11.6. The van der Waals surface area contributed by atoms with Gasteiger partial charge in [0.15, 0.2) is 0 Å². The zero-order valence-electron chi connectivity index (χ0n) is 8.68. The maximum atomic E-state index is 13.1. The molecule has 0 spiro atoms. The van der Waals surface area contributed by atoms with E-state index in [2.05, 4.69) is 15.3 Å². The summed E-state index contributed by atoms with van der Waals surface area (Å²) >= 11 is 0. The van der Waals surface area contributed by atoms with Gasteiger partial charge in [-0.3, -0.25) is 0 Å². The van der Waals surface area contributed by atoms with E-state index in [-0.39, 0.29) is 5.56 Å². The van der Waals surface area contributed by atoms with Gasteiger partial charge in [0, 0.05) is 11.8 Å². The molecular weight excluding hydrogens is 221 g/mol. The highest BCUT2D eigenvalue weighted by molar-refractivity contribution is 5.60. The van der Waals surface area contributed by atoms with Crippen LogP contribution in [0.2, 0.25) is 0 Å². The second-order valence-corrected chi connectivity index (χ2v) is 3.26. The highest BCUT2D eigenvalue weighted by Gasteiger charge is 2.03. The molecule has 2 aromatic rings. The number of benzene rings is 1. The van der Waals surface area contributed by atoms with Gasteiger partial charge in [-0.25, -0.2) is 14.4 Å². The molecule has 0 atom stereocenters. The zero-order valence-corrected chi connectivity index (χ0v) is 8.68. The van der Waals surface area contributed by atoms with Crippen LogP contribution < -0.4 is 11.1 Å². The first-order valence-corrected chi connectivity index (χ1v) is 4.73. The topological polar surface area (TPSA) is 87.6 Å². The Balaban J connectivity index is 2.28. The van der Waals surface area contributed by atoms with Crippen molar-refractivity contribution in [3.05, 3.63) is 42.0 Å². The van der Waals surface area contributed by atoms with Gasteiger partial charge in [0.1, 0.15) is 29.8 Å². The fourth-order valence-corrected chi connectivity index (χ4v) is 1.28. The summed E-state index contributed by atoms with van der Waals surface area (Å²) in [5.41, 5.74) is 6.01. The fourth-order valence-electron chi connectivity index (χ4n) is 1.28. The minimum absolute atomic E-state index is 0.0305. The van der Waals surface area contributed by atoms with Crippen LogP contribution in [0, 0.1) is 17.1 Å². The summed E-state index contributed by atoms with van der Waals surface area (Å²) < 4.78 is 13.1. The smallest absolute Gasteiger partial charge is 0.141 e. The van der Waals surface area contributed by atoms with Crippen LogP contribution in [-0.4, -0.2) is 9.97 Å². The van der Waals surface area contributed by atoms with Crippen LogP contribution in [0.4, 0.5) is 21.7 Å². The van der Waals surface area contributed by atoms with Crippen molar-refractivity contribution in [3.8, 4) is 6.07 Å². The van der Waals surface area contributed by atoms with Crippen LogP contribution in [-0.2, 0) is 0 Å². The van der Waals surface area contributed by atoms with Gasteiger partial charge >= 0.3 is 0 Å². The molecule has 1 aromatic heterocycles. The lowest BCUT2D eigenvalue weighted by atomic mass is 10.2. The lowest BCUT2D eigenvalue weighted by molar-refractivity contribution is 0.624. The van der Waals surface area contributed by atoms with E-state index in [0.29, 0.717) is 17.3 Å². The van der Waals surface area contributed by atoms with E-state index in [1.54, 1.807) is 6.07 Å². The van der Waals surface area contributed by atoms with Crippen molar-refractivity contribution in [2.24, 2.45) is 0 Å². The highest BCUT2D eigenvalue weighted by atomic mass is 19.1. The summed E-state index contributed by atoms with van der Waals surface area (Å²) in [6, 6.07) is 7.42. The van der Waals surface area contributed by atoms with E-state index in [9.17, 15) is 4.39 Å². The number of halogens is 1. The van der Waals surface area contributed by atoms with Crippen molar-refractivity contribution in [2.75, 3.05) is 11.1 Å². The monoisotopic (exact) mass is 229 g/mol. The number of nitrogens with zero attached hydrogens (tertiary/aromatic N) is 3. The molecule has 0 unspecified atom stereocenters. The van der Waals surface area contributed by atoms with Crippen LogP contribution in [0.5, 0.6) is 0 Å². The van der Waals surface area contributed by atoms with Gasteiger partial charge in [0.2, 0.25) is 0 Å². The van der Waals surface area contributed by atoms with E-state index in [1.165, 1.54) is 30.6 Å². The van der Waals surface area contributed by atoms with Gasteiger partial charge < -0.3 is 11.1 Å². The molecule has 0 bridgehead atoms.